The fraction of sp³-hybridized carbons (Fsp3) is 0.846. The van der Waals surface area contributed by atoms with E-state index in [2.05, 4.69) is 34.0 Å². The summed E-state index contributed by atoms with van der Waals surface area (Å²) in [7, 11) is 2.11. The summed E-state index contributed by atoms with van der Waals surface area (Å²) in [5, 5.41) is 7.87. The highest BCUT2D eigenvalue weighted by Gasteiger charge is 2.18. The minimum absolute atomic E-state index is 0.642. The van der Waals surface area contributed by atoms with Gasteiger partial charge in [0.25, 0.3) is 0 Å². The van der Waals surface area contributed by atoms with E-state index in [1.807, 2.05) is 6.92 Å². The van der Waals surface area contributed by atoms with E-state index in [-0.39, 0.29) is 0 Å². The predicted octanol–water partition coefficient (Wildman–Crippen LogP) is 1.68. The predicted molar refractivity (Wildman–Crippen MR) is 70.3 cm³/mol. The van der Waals surface area contributed by atoms with E-state index in [4.69, 9.17) is 4.42 Å². The Morgan fingerprint density at radius 1 is 1.39 bits per heavy atom. The third-order valence-electron chi connectivity index (χ3n) is 3.68. The quantitative estimate of drug-likeness (QED) is 0.798. The van der Waals surface area contributed by atoms with Crippen LogP contribution in [0, 0.1) is 6.92 Å². The number of nitrogens with zero attached hydrogens (tertiary/aromatic N) is 4. The second kappa shape index (κ2) is 6.29. The third kappa shape index (κ3) is 3.78. The normalized spacial score (nSPS) is 21.7. The first-order valence-corrected chi connectivity index (χ1v) is 6.86. The zero-order chi connectivity index (χ0) is 13.0. The lowest BCUT2D eigenvalue weighted by molar-refractivity contribution is 0.138. The Balaban J connectivity index is 1.72. The highest BCUT2D eigenvalue weighted by molar-refractivity contribution is 4.79. The van der Waals surface area contributed by atoms with Gasteiger partial charge in [-0.1, -0.05) is 6.42 Å². The second-order valence-corrected chi connectivity index (χ2v) is 5.33. The summed E-state index contributed by atoms with van der Waals surface area (Å²) in [4.78, 5) is 4.83. The van der Waals surface area contributed by atoms with Crippen LogP contribution >= 0.6 is 0 Å². The SMILES string of the molecule is Cc1nnc(CN(C)CCN2CCCC[C@H]2C)o1. The zero-order valence-electron chi connectivity index (χ0n) is 11.7. The molecule has 0 spiro atoms. The van der Waals surface area contributed by atoms with Gasteiger partial charge in [-0.3, -0.25) is 9.80 Å². The Kier molecular flexibility index (Phi) is 4.72. The topological polar surface area (TPSA) is 45.4 Å². The Morgan fingerprint density at radius 3 is 2.89 bits per heavy atom. The summed E-state index contributed by atoms with van der Waals surface area (Å²) < 4.78 is 5.39. The van der Waals surface area contributed by atoms with Crippen molar-refractivity contribution in [1.82, 2.24) is 20.0 Å². The fourth-order valence-electron chi connectivity index (χ4n) is 2.50. The monoisotopic (exact) mass is 252 g/mol. The van der Waals surface area contributed by atoms with E-state index >= 15 is 0 Å². The van der Waals surface area contributed by atoms with Gasteiger partial charge in [0.1, 0.15) is 0 Å². The summed E-state index contributed by atoms with van der Waals surface area (Å²) in [6, 6.07) is 0.734. The summed E-state index contributed by atoms with van der Waals surface area (Å²) >= 11 is 0. The van der Waals surface area contributed by atoms with E-state index in [0.717, 1.165) is 25.7 Å². The number of aryl methyl sites for hydroxylation is 1. The van der Waals surface area contributed by atoms with Gasteiger partial charge in [-0.25, -0.2) is 0 Å². The van der Waals surface area contributed by atoms with Crippen molar-refractivity contribution in [3.05, 3.63) is 11.8 Å². The van der Waals surface area contributed by atoms with E-state index < -0.39 is 0 Å². The lowest BCUT2D eigenvalue weighted by Gasteiger charge is -2.34. The molecule has 18 heavy (non-hydrogen) atoms. The van der Waals surface area contributed by atoms with Crippen LogP contribution in [0.2, 0.25) is 0 Å². The molecule has 0 amide bonds. The maximum atomic E-state index is 5.39. The molecule has 1 atom stereocenters. The third-order valence-corrected chi connectivity index (χ3v) is 3.68. The number of hydrogen-bond donors (Lipinski definition) is 0. The number of rotatable bonds is 5. The summed E-state index contributed by atoms with van der Waals surface area (Å²) in [6.07, 6.45) is 4.07. The van der Waals surface area contributed by atoms with Crippen molar-refractivity contribution in [2.24, 2.45) is 0 Å². The molecule has 0 bridgehead atoms. The number of hydrogen-bond acceptors (Lipinski definition) is 5. The van der Waals surface area contributed by atoms with Crippen LogP contribution in [0.15, 0.2) is 4.42 Å². The van der Waals surface area contributed by atoms with Gasteiger partial charge in [0, 0.05) is 26.1 Å². The number of likely N-dealkylation sites (tertiary alicyclic amines) is 1. The van der Waals surface area contributed by atoms with Gasteiger partial charge < -0.3 is 4.42 Å². The molecule has 0 radical (unpaired) electrons. The fourth-order valence-corrected chi connectivity index (χ4v) is 2.50. The van der Waals surface area contributed by atoms with Crippen LogP contribution in [0.1, 0.15) is 38.0 Å². The first-order chi connectivity index (χ1) is 8.65. The lowest BCUT2D eigenvalue weighted by Crippen LogP contribution is -2.41. The Bertz CT molecular complexity index is 366. The molecule has 0 aromatic carbocycles. The average molecular weight is 252 g/mol. The van der Waals surface area contributed by atoms with Crippen LogP contribution in [0.4, 0.5) is 0 Å². The number of piperidine rings is 1. The molecule has 5 heteroatoms. The molecular weight excluding hydrogens is 228 g/mol. The van der Waals surface area contributed by atoms with Gasteiger partial charge in [-0.15, -0.1) is 10.2 Å². The van der Waals surface area contributed by atoms with E-state index in [9.17, 15) is 0 Å². The molecule has 1 aliphatic rings. The molecule has 2 rings (SSSR count). The summed E-state index contributed by atoms with van der Waals surface area (Å²) in [5.41, 5.74) is 0. The van der Waals surface area contributed by atoms with Crippen molar-refractivity contribution in [3.63, 3.8) is 0 Å². The first kappa shape index (κ1) is 13.5. The van der Waals surface area contributed by atoms with Crippen LogP contribution in [0.5, 0.6) is 0 Å². The Labute approximate surface area is 109 Å². The van der Waals surface area contributed by atoms with Crippen LogP contribution in [-0.4, -0.2) is 52.7 Å². The lowest BCUT2D eigenvalue weighted by atomic mass is 10.0. The van der Waals surface area contributed by atoms with Crippen molar-refractivity contribution < 1.29 is 4.42 Å². The Hall–Kier alpha value is -0.940. The maximum absolute atomic E-state index is 5.39. The van der Waals surface area contributed by atoms with Crippen LogP contribution in [0.3, 0.4) is 0 Å². The molecule has 1 aliphatic heterocycles. The zero-order valence-corrected chi connectivity index (χ0v) is 11.7. The van der Waals surface area contributed by atoms with Gasteiger partial charge in [0.05, 0.1) is 6.54 Å². The number of aromatic nitrogens is 2. The van der Waals surface area contributed by atoms with Gasteiger partial charge in [-0.05, 0) is 33.4 Å². The molecule has 0 saturated carbocycles. The smallest absolute Gasteiger partial charge is 0.230 e. The van der Waals surface area contributed by atoms with Crippen molar-refractivity contribution in [1.29, 1.82) is 0 Å². The van der Waals surface area contributed by atoms with Crippen molar-refractivity contribution in [2.45, 2.75) is 45.7 Å². The highest BCUT2D eigenvalue weighted by atomic mass is 16.4. The highest BCUT2D eigenvalue weighted by Crippen LogP contribution is 2.15. The van der Waals surface area contributed by atoms with Crippen molar-refractivity contribution in [2.75, 3.05) is 26.7 Å². The first-order valence-electron chi connectivity index (χ1n) is 6.86. The molecular formula is C13H24N4O. The molecule has 1 aromatic heterocycles. The molecule has 1 fully saturated rings. The van der Waals surface area contributed by atoms with Crippen molar-refractivity contribution >= 4 is 0 Å². The standard InChI is InChI=1S/C13H24N4O/c1-11-6-4-5-7-17(11)9-8-16(3)10-13-15-14-12(2)18-13/h11H,4-10H2,1-3H3/t11-/m1/s1. The molecule has 1 aromatic rings. The van der Waals surface area contributed by atoms with Crippen LogP contribution in [-0.2, 0) is 6.54 Å². The maximum Gasteiger partial charge on any atom is 0.230 e. The van der Waals surface area contributed by atoms with Crippen LogP contribution in [0.25, 0.3) is 0 Å². The largest absolute Gasteiger partial charge is 0.424 e. The van der Waals surface area contributed by atoms with Gasteiger partial charge in [0.15, 0.2) is 0 Å². The van der Waals surface area contributed by atoms with Crippen molar-refractivity contribution in [3.8, 4) is 0 Å². The van der Waals surface area contributed by atoms with Gasteiger partial charge in [0.2, 0.25) is 11.8 Å². The molecule has 0 aliphatic carbocycles. The molecule has 0 N–H and O–H groups in total. The van der Waals surface area contributed by atoms with E-state index in [1.54, 1.807) is 0 Å². The minimum Gasteiger partial charge on any atom is -0.424 e. The van der Waals surface area contributed by atoms with E-state index in [1.165, 1.54) is 25.8 Å². The van der Waals surface area contributed by atoms with E-state index in [0.29, 0.717) is 11.8 Å². The molecule has 2 heterocycles. The summed E-state index contributed by atoms with van der Waals surface area (Å²) in [5.74, 6) is 1.35. The van der Waals surface area contributed by atoms with Crippen LogP contribution < -0.4 is 0 Å². The molecule has 0 unspecified atom stereocenters. The molecule has 1 saturated heterocycles. The minimum atomic E-state index is 0.642. The van der Waals surface area contributed by atoms with Gasteiger partial charge in [-0.2, -0.15) is 0 Å². The Morgan fingerprint density at radius 2 is 2.22 bits per heavy atom. The van der Waals surface area contributed by atoms with Gasteiger partial charge >= 0.3 is 0 Å². The molecule has 5 nitrogen and oxygen atoms in total. The second-order valence-electron chi connectivity index (χ2n) is 5.33. The number of likely N-dealkylation sites (N-methyl/N-ethyl adjacent to an activating group) is 1. The summed E-state index contributed by atoms with van der Waals surface area (Å²) in [6.45, 7) is 8.32. The molecule has 102 valence electrons. The average Bonchev–Trinajstić information content (AvgIpc) is 2.74.